The zero-order chi connectivity index (χ0) is 16.3. The van der Waals surface area contributed by atoms with Gasteiger partial charge in [-0.25, -0.2) is 9.97 Å². The standard InChI is InChI=1S/C14H11F3N4S/c1-8-19-12(11(7-18)13(20-8)22-2)21-10-5-3-4-9(6-10)14(15,16)17/h3-6H,1-2H3,(H,19,20,21). The topological polar surface area (TPSA) is 61.6 Å². The summed E-state index contributed by atoms with van der Waals surface area (Å²) in [6.07, 6.45) is -2.67. The number of aryl methyl sites for hydroxylation is 1. The molecule has 4 nitrogen and oxygen atoms in total. The van der Waals surface area contributed by atoms with Crippen LogP contribution in [0.2, 0.25) is 0 Å². The largest absolute Gasteiger partial charge is 0.416 e. The summed E-state index contributed by atoms with van der Waals surface area (Å²) in [5, 5.41) is 12.5. The smallest absolute Gasteiger partial charge is 0.339 e. The van der Waals surface area contributed by atoms with Gasteiger partial charge in [-0.3, -0.25) is 0 Å². The summed E-state index contributed by atoms with van der Waals surface area (Å²) >= 11 is 1.27. The Morgan fingerprint density at radius 1 is 1.27 bits per heavy atom. The quantitative estimate of drug-likeness (QED) is 0.679. The monoisotopic (exact) mass is 324 g/mol. The molecule has 22 heavy (non-hydrogen) atoms. The van der Waals surface area contributed by atoms with E-state index in [1.54, 1.807) is 13.2 Å². The number of alkyl halides is 3. The number of anilines is 2. The zero-order valence-corrected chi connectivity index (χ0v) is 12.5. The molecule has 1 N–H and O–H groups in total. The summed E-state index contributed by atoms with van der Waals surface area (Å²) in [6.45, 7) is 1.65. The van der Waals surface area contributed by atoms with Gasteiger partial charge in [0, 0.05) is 5.69 Å². The van der Waals surface area contributed by atoms with Crippen LogP contribution in [0.5, 0.6) is 0 Å². The molecule has 0 spiro atoms. The molecule has 2 aromatic rings. The van der Waals surface area contributed by atoms with Gasteiger partial charge in [-0.1, -0.05) is 6.07 Å². The van der Waals surface area contributed by atoms with Crippen molar-refractivity contribution in [2.24, 2.45) is 0 Å². The number of halogens is 3. The van der Waals surface area contributed by atoms with Gasteiger partial charge in [0.2, 0.25) is 0 Å². The van der Waals surface area contributed by atoms with E-state index < -0.39 is 11.7 Å². The van der Waals surface area contributed by atoms with E-state index in [4.69, 9.17) is 0 Å². The van der Waals surface area contributed by atoms with Gasteiger partial charge in [0.25, 0.3) is 0 Å². The summed E-state index contributed by atoms with van der Waals surface area (Å²) < 4.78 is 38.2. The summed E-state index contributed by atoms with van der Waals surface area (Å²) in [5.41, 5.74) is -0.362. The molecule has 0 aliphatic heterocycles. The van der Waals surface area contributed by atoms with Gasteiger partial charge < -0.3 is 5.32 Å². The molecule has 0 bridgehead atoms. The Morgan fingerprint density at radius 2 is 2.00 bits per heavy atom. The Morgan fingerprint density at radius 3 is 2.59 bits per heavy atom. The highest BCUT2D eigenvalue weighted by Crippen LogP contribution is 2.32. The minimum Gasteiger partial charge on any atom is -0.339 e. The molecule has 2 rings (SSSR count). The molecule has 0 aliphatic rings. The van der Waals surface area contributed by atoms with Crippen LogP contribution in [0.4, 0.5) is 24.7 Å². The van der Waals surface area contributed by atoms with Crippen molar-refractivity contribution >= 4 is 23.3 Å². The average molecular weight is 324 g/mol. The van der Waals surface area contributed by atoms with Gasteiger partial charge in [-0.15, -0.1) is 11.8 Å². The molecule has 114 valence electrons. The average Bonchev–Trinajstić information content (AvgIpc) is 2.46. The van der Waals surface area contributed by atoms with Gasteiger partial charge >= 0.3 is 6.18 Å². The fourth-order valence-corrected chi connectivity index (χ4v) is 2.37. The Bertz CT molecular complexity index is 738. The molecule has 1 heterocycles. The number of nitriles is 1. The van der Waals surface area contributed by atoms with Crippen molar-refractivity contribution in [3.8, 4) is 6.07 Å². The number of nitrogens with zero attached hydrogens (tertiary/aromatic N) is 3. The fourth-order valence-electron chi connectivity index (χ4n) is 1.80. The minimum atomic E-state index is -4.43. The lowest BCUT2D eigenvalue weighted by atomic mass is 10.2. The van der Waals surface area contributed by atoms with E-state index >= 15 is 0 Å². The Kier molecular flexibility index (Phi) is 4.56. The van der Waals surface area contributed by atoms with Crippen LogP contribution in [0.1, 0.15) is 17.0 Å². The maximum atomic E-state index is 12.7. The molecule has 0 atom stereocenters. The lowest BCUT2D eigenvalue weighted by molar-refractivity contribution is -0.137. The van der Waals surface area contributed by atoms with E-state index in [2.05, 4.69) is 15.3 Å². The van der Waals surface area contributed by atoms with Crippen LogP contribution in [0.3, 0.4) is 0 Å². The predicted octanol–water partition coefficient (Wildman–Crippen LogP) is 4.14. The maximum Gasteiger partial charge on any atom is 0.416 e. The van der Waals surface area contributed by atoms with Crippen molar-refractivity contribution in [1.82, 2.24) is 9.97 Å². The van der Waals surface area contributed by atoms with Gasteiger partial charge in [0.15, 0.2) is 5.82 Å². The minimum absolute atomic E-state index is 0.193. The molecular weight excluding hydrogens is 313 g/mol. The van der Waals surface area contributed by atoms with E-state index in [0.717, 1.165) is 12.1 Å². The fraction of sp³-hybridized carbons (Fsp3) is 0.214. The number of benzene rings is 1. The van der Waals surface area contributed by atoms with Crippen LogP contribution in [-0.4, -0.2) is 16.2 Å². The Hall–Kier alpha value is -2.27. The lowest BCUT2D eigenvalue weighted by Crippen LogP contribution is -2.06. The summed E-state index contributed by atoms with van der Waals surface area (Å²) in [6, 6.07) is 6.70. The van der Waals surface area contributed by atoms with Crippen molar-refractivity contribution in [2.75, 3.05) is 11.6 Å². The van der Waals surface area contributed by atoms with Gasteiger partial charge in [0.05, 0.1) is 5.56 Å². The van der Waals surface area contributed by atoms with Crippen LogP contribution >= 0.6 is 11.8 Å². The second-order valence-electron chi connectivity index (χ2n) is 4.32. The van der Waals surface area contributed by atoms with Crippen LogP contribution in [-0.2, 0) is 6.18 Å². The molecule has 0 unspecified atom stereocenters. The first-order valence-electron chi connectivity index (χ1n) is 6.12. The van der Waals surface area contributed by atoms with Crippen LogP contribution in [0, 0.1) is 18.3 Å². The van der Waals surface area contributed by atoms with E-state index in [1.807, 2.05) is 6.07 Å². The number of hydrogen-bond acceptors (Lipinski definition) is 5. The third-order valence-corrected chi connectivity index (χ3v) is 3.43. The first-order valence-corrected chi connectivity index (χ1v) is 7.34. The third-order valence-electron chi connectivity index (χ3n) is 2.75. The van der Waals surface area contributed by atoms with Gasteiger partial charge in [-0.05, 0) is 31.4 Å². The number of thioether (sulfide) groups is 1. The predicted molar refractivity (Wildman–Crippen MR) is 78.0 cm³/mol. The van der Waals surface area contributed by atoms with Crippen molar-refractivity contribution in [1.29, 1.82) is 5.26 Å². The van der Waals surface area contributed by atoms with Crippen LogP contribution < -0.4 is 5.32 Å². The first-order chi connectivity index (χ1) is 10.3. The van der Waals surface area contributed by atoms with Gasteiger partial charge in [-0.2, -0.15) is 18.4 Å². The Labute approximate surface area is 129 Å². The zero-order valence-electron chi connectivity index (χ0n) is 11.7. The van der Waals surface area contributed by atoms with E-state index in [9.17, 15) is 18.4 Å². The van der Waals surface area contributed by atoms with E-state index in [1.165, 1.54) is 23.9 Å². The third kappa shape index (κ3) is 3.49. The van der Waals surface area contributed by atoms with E-state index in [-0.39, 0.29) is 17.1 Å². The molecule has 0 saturated heterocycles. The van der Waals surface area contributed by atoms with Crippen LogP contribution in [0.15, 0.2) is 29.3 Å². The normalized spacial score (nSPS) is 11.1. The second-order valence-corrected chi connectivity index (χ2v) is 5.11. The number of aromatic nitrogens is 2. The number of rotatable bonds is 3. The van der Waals surface area contributed by atoms with Gasteiger partial charge in [0.1, 0.15) is 22.5 Å². The molecule has 0 amide bonds. The molecule has 0 radical (unpaired) electrons. The Balaban J connectivity index is 2.44. The number of nitrogens with one attached hydrogen (secondary N) is 1. The molecule has 0 fully saturated rings. The highest BCUT2D eigenvalue weighted by atomic mass is 32.2. The first kappa shape index (κ1) is 16.1. The van der Waals surface area contributed by atoms with Crippen molar-refractivity contribution in [3.05, 3.63) is 41.2 Å². The lowest BCUT2D eigenvalue weighted by Gasteiger charge is -2.12. The molecule has 0 saturated carbocycles. The second kappa shape index (κ2) is 6.23. The number of hydrogen-bond donors (Lipinski definition) is 1. The highest BCUT2D eigenvalue weighted by molar-refractivity contribution is 7.98. The molecule has 8 heteroatoms. The molecule has 1 aromatic carbocycles. The maximum absolute atomic E-state index is 12.7. The SMILES string of the molecule is CSc1nc(C)nc(Nc2cccc(C(F)(F)F)c2)c1C#N. The molecular formula is C14H11F3N4S. The molecule has 0 aliphatic carbocycles. The van der Waals surface area contributed by atoms with Crippen LogP contribution in [0.25, 0.3) is 0 Å². The summed E-state index contributed by atoms with van der Waals surface area (Å²) in [5.74, 6) is 0.622. The van der Waals surface area contributed by atoms with E-state index in [0.29, 0.717) is 10.9 Å². The highest BCUT2D eigenvalue weighted by Gasteiger charge is 2.30. The summed E-state index contributed by atoms with van der Waals surface area (Å²) in [4.78, 5) is 8.23. The molecule has 1 aromatic heterocycles. The van der Waals surface area contributed by atoms with Crippen molar-refractivity contribution < 1.29 is 13.2 Å². The van der Waals surface area contributed by atoms with Crippen molar-refractivity contribution in [3.63, 3.8) is 0 Å². The van der Waals surface area contributed by atoms with Crippen molar-refractivity contribution in [2.45, 2.75) is 18.1 Å². The summed E-state index contributed by atoms with van der Waals surface area (Å²) in [7, 11) is 0.